The Kier molecular flexibility index (Phi) is 11.3. The van der Waals surface area contributed by atoms with Crippen molar-refractivity contribution in [3.63, 3.8) is 0 Å². The third-order valence-electron chi connectivity index (χ3n) is 15.6. The molecule has 0 heterocycles. The SMILES string of the molecule is CC1c2ccccc2-c2cccc(-c3ccc([C@H](C)c4ccc5c(c4)C4(c6ccccc6-c6ccccc64)c4ccccc4-5)cc3)c21.Cc1ccc(-c2cccc3ccccc23)cc1.Cc1ccccc1. The summed E-state index contributed by atoms with van der Waals surface area (Å²) >= 11 is 0. The highest BCUT2D eigenvalue weighted by Crippen LogP contribution is 2.63. The van der Waals surface area contributed by atoms with Crippen LogP contribution >= 0.6 is 0 Å². The van der Waals surface area contributed by atoms with Crippen LogP contribution in [0.3, 0.4) is 0 Å². The van der Waals surface area contributed by atoms with Gasteiger partial charge in [-0.1, -0.05) is 280 Å². The maximum absolute atomic E-state index is 2.52. The van der Waals surface area contributed by atoms with Gasteiger partial charge in [0.15, 0.2) is 0 Å². The van der Waals surface area contributed by atoms with Crippen LogP contribution in [0, 0.1) is 13.8 Å². The van der Waals surface area contributed by atoms with Gasteiger partial charge in [-0.05, 0) is 125 Å². The molecule has 0 N–H and O–H groups in total. The zero-order valence-electron chi connectivity index (χ0n) is 40.9. The van der Waals surface area contributed by atoms with Crippen molar-refractivity contribution in [3.8, 4) is 55.6 Å². The first-order chi connectivity index (χ1) is 34.9. The van der Waals surface area contributed by atoms with Crippen LogP contribution in [0.15, 0.2) is 255 Å². The molecular formula is C71H56. The molecule has 0 saturated heterocycles. The maximum atomic E-state index is 2.52. The van der Waals surface area contributed by atoms with Gasteiger partial charge >= 0.3 is 0 Å². The van der Waals surface area contributed by atoms with Crippen LogP contribution in [0.25, 0.3) is 66.4 Å². The molecule has 0 aliphatic heterocycles. The summed E-state index contributed by atoms with van der Waals surface area (Å²) in [5.41, 5.74) is 26.9. The van der Waals surface area contributed by atoms with Gasteiger partial charge in [-0.25, -0.2) is 0 Å². The first-order valence-electron chi connectivity index (χ1n) is 25.2. The molecule has 0 saturated carbocycles. The minimum atomic E-state index is -0.305. The lowest BCUT2D eigenvalue weighted by atomic mass is 9.70. The molecule has 71 heavy (non-hydrogen) atoms. The van der Waals surface area contributed by atoms with E-state index in [2.05, 4.69) is 264 Å². The van der Waals surface area contributed by atoms with E-state index >= 15 is 0 Å². The molecule has 0 heteroatoms. The summed E-state index contributed by atoms with van der Waals surface area (Å²) in [7, 11) is 0. The first-order valence-corrected chi connectivity index (χ1v) is 25.2. The van der Waals surface area contributed by atoms with E-state index in [4.69, 9.17) is 0 Å². The topological polar surface area (TPSA) is 0 Å². The van der Waals surface area contributed by atoms with E-state index in [0.29, 0.717) is 5.92 Å². The Hall–Kier alpha value is -8.32. The average Bonchev–Trinajstić information content (AvgIpc) is 4.02. The molecule has 0 aromatic heterocycles. The molecule has 0 amide bonds. The van der Waals surface area contributed by atoms with E-state index in [9.17, 15) is 0 Å². The fourth-order valence-electron chi connectivity index (χ4n) is 12.1. The van der Waals surface area contributed by atoms with Gasteiger partial charge in [0.05, 0.1) is 5.41 Å². The van der Waals surface area contributed by atoms with Crippen LogP contribution in [0.2, 0.25) is 0 Å². The van der Waals surface area contributed by atoms with Crippen LogP contribution in [0.1, 0.15) is 81.3 Å². The Morgan fingerprint density at radius 1 is 0.338 bits per heavy atom. The fourth-order valence-corrected chi connectivity index (χ4v) is 12.1. The lowest BCUT2D eigenvalue weighted by molar-refractivity contribution is 0.788. The van der Waals surface area contributed by atoms with E-state index in [1.807, 2.05) is 18.2 Å². The van der Waals surface area contributed by atoms with Crippen LogP contribution in [-0.4, -0.2) is 0 Å². The normalized spacial score (nSPS) is 14.1. The average molecular weight is 909 g/mol. The second-order valence-electron chi connectivity index (χ2n) is 19.7. The molecule has 14 rings (SSSR count). The predicted octanol–water partition coefficient (Wildman–Crippen LogP) is 18.8. The summed E-state index contributed by atoms with van der Waals surface area (Å²) in [6.45, 7) is 8.92. The molecule has 11 aromatic carbocycles. The van der Waals surface area contributed by atoms with Gasteiger partial charge in [0.1, 0.15) is 0 Å². The zero-order chi connectivity index (χ0) is 48.1. The van der Waals surface area contributed by atoms with E-state index in [0.717, 1.165) is 0 Å². The van der Waals surface area contributed by atoms with Crippen molar-refractivity contribution in [3.05, 3.63) is 310 Å². The summed E-state index contributed by atoms with van der Waals surface area (Å²) in [6.07, 6.45) is 0. The third-order valence-corrected chi connectivity index (χ3v) is 15.6. The number of fused-ring (bicyclic) bond motifs is 14. The fraction of sp³-hybridized carbons (Fsp3) is 0.0986. The molecule has 1 spiro atoms. The highest BCUT2D eigenvalue weighted by atomic mass is 14.5. The monoisotopic (exact) mass is 908 g/mol. The number of hydrogen-bond acceptors (Lipinski definition) is 0. The minimum Gasteiger partial charge on any atom is -0.0622 e. The lowest BCUT2D eigenvalue weighted by Crippen LogP contribution is -2.26. The minimum absolute atomic E-state index is 0.256. The standard InChI is InChI=1S/C47H34.C17H14.C7H8/c1-29(31-22-24-32(25-23-31)35-17-11-18-41-36-13-4-3-12-34(36)30(2)46(35)41)33-26-27-40-39-16-7-10-21-44(39)47(45(40)28-33)42-19-8-5-14-37(42)38-15-6-9-20-43(38)47;1-13-9-11-15(12-10-13)17-8-4-6-14-5-2-3-7-16(14)17;1-7-5-3-2-4-6-7/h3-30H,1-2H3;2-12H,1H3;2-6H,1H3/t29-,30?;;/m0../s1. The molecule has 0 radical (unpaired) electrons. The van der Waals surface area contributed by atoms with Gasteiger partial charge in [0.2, 0.25) is 0 Å². The van der Waals surface area contributed by atoms with Crippen molar-refractivity contribution < 1.29 is 0 Å². The van der Waals surface area contributed by atoms with Crippen molar-refractivity contribution in [2.75, 3.05) is 0 Å². The van der Waals surface area contributed by atoms with Gasteiger partial charge in [-0.3, -0.25) is 0 Å². The van der Waals surface area contributed by atoms with Crippen LogP contribution in [0.4, 0.5) is 0 Å². The number of hydrogen-bond donors (Lipinski definition) is 0. The van der Waals surface area contributed by atoms with E-state index in [-0.39, 0.29) is 11.3 Å². The number of rotatable bonds is 4. The van der Waals surface area contributed by atoms with E-state index < -0.39 is 0 Å². The molecule has 0 nitrogen and oxygen atoms in total. The third kappa shape index (κ3) is 7.45. The Balaban J connectivity index is 0.000000176. The molecule has 3 aliphatic rings. The highest BCUT2D eigenvalue weighted by Gasteiger charge is 2.51. The Morgan fingerprint density at radius 2 is 0.789 bits per heavy atom. The molecule has 3 aliphatic carbocycles. The Morgan fingerprint density at radius 3 is 1.44 bits per heavy atom. The van der Waals surface area contributed by atoms with Gasteiger partial charge < -0.3 is 0 Å². The summed E-state index contributed by atoms with van der Waals surface area (Å²) in [4.78, 5) is 0. The van der Waals surface area contributed by atoms with Crippen molar-refractivity contribution >= 4 is 10.8 Å². The Labute approximate surface area is 419 Å². The van der Waals surface area contributed by atoms with Gasteiger partial charge in [-0.2, -0.15) is 0 Å². The van der Waals surface area contributed by atoms with Crippen molar-refractivity contribution in [1.29, 1.82) is 0 Å². The van der Waals surface area contributed by atoms with E-state index in [1.165, 1.54) is 122 Å². The zero-order valence-corrected chi connectivity index (χ0v) is 40.9. The van der Waals surface area contributed by atoms with Crippen LogP contribution < -0.4 is 0 Å². The smallest absolute Gasteiger partial charge is 0.0622 e. The number of benzene rings is 11. The summed E-state index contributed by atoms with van der Waals surface area (Å²) in [5, 5.41) is 2.62. The quantitative estimate of drug-likeness (QED) is 0.165. The highest BCUT2D eigenvalue weighted by molar-refractivity contribution is 5.97. The summed E-state index contributed by atoms with van der Waals surface area (Å²) < 4.78 is 0. The largest absolute Gasteiger partial charge is 0.0725 e. The molecule has 0 bridgehead atoms. The molecule has 2 atom stereocenters. The lowest BCUT2D eigenvalue weighted by Gasteiger charge is -2.31. The van der Waals surface area contributed by atoms with E-state index in [1.54, 1.807) is 0 Å². The van der Waals surface area contributed by atoms with Gasteiger partial charge in [-0.15, -0.1) is 0 Å². The van der Waals surface area contributed by atoms with Crippen molar-refractivity contribution in [1.82, 2.24) is 0 Å². The first kappa shape index (κ1) is 43.9. The molecule has 1 unspecified atom stereocenters. The summed E-state index contributed by atoms with van der Waals surface area (Å²) in [6, 6.07) is 93.5. The second kappa shape index (κ2) is 18.2. The molecule has 340 valence electrons. The van der Waals surface area contributed by atoms with Crippen LogP contribution in [-0.2, 0) is 5.41 Å². The second-order valence-corrected chi connectivity index (χ2v) is 19.7. The van der Waals surface area contributed by atoms with Crippen molar-refractivity contribution in [2.24, 2.45) is 0 Å². The van der Waals surface area contributed by atoms with Crippen LogP contribution in [0.5, 0.6) is 0 Å². The molecule has 0 fully saturated rings. The molecular weight excluding hydrogens is 853 g/mol. The van der Waals surface area contributed by atoms with Crippen molar-refractivity contribution in [2.45, 2.75) is 44.9 Å². The van der Waals surface area contributed by atoms with Gasteiger partial charge in [0.25, 0.3) is 0 Å². The predicted molar refractivity (Wildman–Crippen MR) is 300 cm³/mol. The van der Waals surface area contributed by atoms with Gasteiger partial charge in [0, 0.05) is 11.8 Å². The summed E-state index contributed by atoms with van der Waals surface area (Å²) in [5.74, 6) is 0.649. The molecule has 11 aromatic rings. The number of aryl methyl sites for hydroxylation is 2. The maximum Gasteiger partial charge on any atom is 0.0725 e. The Bertz CT molecular complexity index is 3670.